The quantitative estimate of drug-likeness (QED) is 0.240. The molecule has 1 saturated heterocycles. The highest BCUT2D eigenvalue weighted by atomic mass is 16.6. The number of fused-ring (bicyclic) bond motifs is 1. The SMILES string of the molecule is [C-]#[N+]c1ccc2c(n1)c(N1CCN(C(c3ccccc3)c3ccccc3)CC1)c([N+](=O)[O-])c(=O)n2C. The molecule has 0 amide bonds. The van der Waals surface area contributed by atoms with Gasteiger partial charge in [0.05, 0.1) is 16.5 Å². The second-order valence-electron chi connectivity index (χ2n) is 8.71. The molecule has 2 aromatic carbocycles. The summed E-state index contributed by atoms with van der Waals surface area (Å²) in [6.07, 6.45) is 0. The van der Waals surface area contributed by atoms with Gasteiger partial charge in [-0.15, -0.1) is 4.98 Å². The minimum Gasteiger partial charge on any atom is -0.361 e. The van der Waals surface area contributed by atoms with Crippen LogP contribution < -0.4 is 10.5 Å². The van der Waals surface area contributed by atoms with Gasteiger partial charge in [0.1, 0.15) is 0 Å². The molecule has 1 aliphatic rings. The molecule has 0 saturated carbocycles. The average Bonchev–Trinajstić information content (AvgIpc) is 2.92. The fraction of sp³-hybridized carbons (Fsp3) is 0.222. The van der Waals surface area contributed by atoms with E-state index in [0.717, 1.165) is 0 Å². The molecule has 5 rings (SSSR count). The van der Waals surface area contributed by atoms with Crippen molar-refractivity contribution >= 4 is 28.2 Å². The summed E-state index contributed by atoms with van der Waals surface area (Å²) in [5, 5.41) is 12.0. The molecule has 3 heterocycles. The molecule has 0 atom stereocenters. The third-order valence-corrected chi connectivity index (χ3v) is 6.70. The summed E-state index contributed by atoms with van der Waals surface area (Å²) in [6.45, 7) is 9.56. The predicted octanol–water partition coefficient (Wildman–Crippen LogP) is 4.30. The van der Waals surface area contributed by atoms with Crippen LogP contribution in [0.25, 0.3) is 15.9 Å². The summed E-state index contributed by atoms with van der Waals surface area (Å²) in [7, 11) is 1.49. The van der Waals surface area contributed by atoms with E-state index in [4.69, 9.17) is 6.57 Å². The molecule has 1 aliphatic heterocycles. The molecule has 0 aliphatic carbocycles. The van der Waals surface area contributed by atoms with E-state index in [1.54, 1.807) is 6.07 Å². The monoisotopic (exact) mass is 480 g/mol. The normalized spacial score (nSPS) is 14.2. The van der Waals surface area contributed by atoms with Gasteiger partial charge in [0.15, 0.2) is 5.69 Å². The van der Waals surface area contributed by atoms with Gasteiger partial charge < -0.3 is 14.3 Å². The number of rotatable bonds is 5. The van der Waals surface area contributed by atoms with Crippen molar-refractivity contribution in [3.05, 3.63) is 116 Å². The first kappa shape index (κ1) is 23.2. The maximum absolute atomic E-state index is 13.0. The molecule has 180 valence electrons. The Morgan fingerprint density at radius 2 is 1.53 bits per heavy atom. The first-order valence-electron chi connectivity index (χ1n) is 11.6. The number of pyridine rings is 2. The minimum absolute atomic E-state index is 0.0387. The van der Waals surface area contributed by atoms with Crippen LogP contribution in [-0.4, -0.2) is 45.6 Å². The number of aryl methyl sites for hydroxylation is 1. The summed E-state index contributed by atoms with van der Waals surface area (Å²) < 4.78 is 1.23. The number of nitrogens with zero attached hydrogens (tertiary/aromatic N) is 6. The number of piperazine rings is 1. The van der Waals surface area contributed by atoms with Gasteiger partial charge >= 0.3 is 11.2 Å². The lowest BCUT2D eigenvalue weighted by atomic mass is 9.96. The number of anilines is 1. The van der Waals surface area contributed by atoms with Crippen molar-refractivity contribution in [2.24, 2.45) is 7.05 Å². The molecular weight excluding hydrogens is 456 g/mol. The molecule has 36 heavy (non-hydrogen) atoms. The van der Waals surface area contributed by atoms with Crippen molar-refractivity contribution in [2.45, 2.75) is 6.04 Å². The van der Waals surface area contributed by atoms with E-state index < -0.39 is 16.2 Å². The van der Waals surface area contributed by atoms with E-state index in [2.05, 4.69) is 39.0 Å². The number of nitro groups is 1. The van der Waals surface area contributed by atoms with Crippen LogP contribution >= 0.6 is 0 Å². The summed E-state index contributed by atoms with van der Waals surface area (Å²) >= 11 is 0. The average molecular weight is 481 g/mol. The van der Waals surface area contributed by atoms with Crippen LogP contribution in [-0.2, 0) is 7.05 Å². The Bertz CT molecular complexity index is 1480. The second kappa shape index (κ2) is 9.60. The van der Waals surface area contributed by atoms with Crippen LogP contribution in [0.3, 0.4) is 0 Å². The van der Waals surface area contributed by atoms with E-state index in [0.29, 0.717) is 37.2 Å². The highest BCUT2D eigenvalue weighted by Crippen LogP contribution is 2.36. The molecule has 9 heteroatoms. The summed E-state index contributed by atoms with van der Waals surface area (Å²) in [4.78, 5) is 36.4. The van der Waals surface area contributed by atoms with Gasteiger partial charge in [0.2, 0.25) is 5.52 Å². The first-order chi connectivity index (χ1) is 17.5. The Kier molecular flexibility index (Phi) is 6.19. The lowest BCUT2D eigenvalue weighted by molar-refractivity contribution is -0.385. The Hall–Kier alpha value is -4.55. The predicted molar refractivity (Wildman–Crippen MR) is 138 cm³/mol. The van der Waals surface area contributed by atoms with Crippen molar-refractivity contribution in [1.29, 1.82) is 0 Å². The zero-order valence-electron chi connectivity index (χ0n) is 19.7. The Labute approximate surface area is 207 Å². The van der Waals surface area contributed by atoms with Crippen LogP contribution in [0.15, 0.2) is 77.6 Å². The second-order valence-corrected chi connectivity index (χ2v) is 8.71. The molecule has 0 spiro atoms. The van der Waals surface area contributed by atoms with Crippen LogP contribution in [0.5, 0.6) is 0 Å². The maximum atomic E-state index is 13.0. The van der Waals surface area contributed by atoms with Gasteiger partial charge in [-0.2, -0.15) is 0 Å². The molecule has 0 radical (unpaired) electrons. The van der Waals surface area contributed by atoms with Gasteiger partial charge in [-0.1, -0.05) is 67.2 Å². The van der Waals surface area contributed by atoms with E-state index in [1.165, 1.54) is 28.8 Å². The van der Waals surface area contributed by atoms with E-state index in [-0.39, 0.29) is 17.5 Å². The highest BCUT2D eigenvalue weighted by Gasteiger charge is 2.34. The maximum Gasteiger partial charge on any atom is 0.361 e. The van der Waals surface area contributed by atoms with Gasteiger partial charge in [-0.25, -0.2) is 0 Å². The number of hydrogen-bond acceptors (Lipinski definition) is 6. The third kappa shape index (κ3) is 4.08. The number of hydrogen-bond donors (Lipinski definition) is 0. The summed E-state index contributed by atoms with van der Waals surface area (Å²) in [5.74, 6) is 0.128. The zero-order chi connectivity index (χ0) is 25.2. The first-order valence-corrected chi connectivity index (χ1v) is 11.6. The van der Waals surface area contributed by atoms with Crippen LogP contribution in [0.2, 0.25) is 0 Å². The lowest BCUT2D eigenvalue weighted by Gasteiger charge is -2.40. The van der Waals surface area contributed by atoms with Crippen molar-refractivity contribution < 1.29 is 4.92 Å². The van der Waals surface area contributed by atoms with Crippen LogP contribution in [0.1, 0.15) is 17.2 Å². The molecule has 0 N–H and O–H groups in total. The molecule has 2 aromatic heterocycles. The largest absolute Gasteiger partial charge is 0.361 e. The van der Waals surface area contributed by atoms with Crippen molar-refractivity contribution in [2.75, 3.05) is 31.1 Å². The van der Waals surface area contributed by atoms with Crippen molar-refractivity contribution in [3.8, 4) is 0 Å². The van der Waals surface area contributed by atoms with E-state index in [1.807, 2.05) is 41.3 Å². The van der Waals surface area contributed by atoms with Crippen molar-refractivity contribution in [3.63, 3.8) is 0 Å². The number of aromatic nitrogens is 2. The van der Waals surface area contributed by atoms with Gasteiger partial charge in [0, 0.05) is 33.2 Å². The summed E-state index contributed by atoms with van der Waals surface area (Å²) in [5.41, 5.74) is 2.11. The highest BCUT2D eigenvalue weighted by molar-refractivity contribution is 5.94. The lowest BCUT2D eigenvalue weighted by Crippen LogP contribution is -2.48. The summed E-state index contributed by atoms with van der Waals surface area (Å²) in [6, 6.07) is 23.7. The Morgan fingerprint density at radius 3 is 2.06 bits per heavy atom. The third-order valence-electron chi connectivity index (χ3n) is 6.70. The minimum atomic E-state index is -0.686. The smallest absolute Gasteiger partial charge is 0.361 e. The fourth-order valence-corrected chi connectivity index (χ4v) is 4.98. The topological polar surface area (TPSA) is 88.9 Å². The Balaban J connectivity index is 1.55. The van der Waals surface area contributed by atoms with Crippen molar-refractivity contribution in [1.82, 2.24) is 14.5 Å². The molecule has 1 fully saturated rings. The zero-order valence-corrected chi connectivity index (χ0v) is 19.7. The number of benzene rings is 2. The van der Waals surface area contributed by atoms with Crippen LogP contribution in [0.4, 0.5) is 17.2 Å². The Morgan fingerprint density at radius 1 is 0.944 bits per heavy atom. The molecule has 4 aromatic rings. The fourth-order valence-electron chi connectivity index (χ4n) is 4.98. The molecular formula is C27H24N6O3. The van der Waals surface area contributed by atoms with Gasteiger partial charge in [0.25, 0.3) is 5.82 Å². The van der Waals surface area contributed by atoms with Crippen LogP contribution in [0, 0.1) is 16.7 Å². The molecule has 0 unspecified atom stereocenters. The molecule has 0 bridgehead atoms. The standard InChI is InChI=1S/C27H24N6O3/c1-28-22-14-13-21-23(29-22)25(26(33(35)36)27(34)30(21)2)32-17-15-31(16-18-32)24(19-9-5-3-6-10-19)20-11-7-4-8-12-20/h3-14,24H,15-18H2,2H3. The van der Waals surface area contributed by atoms with E-state index in [9.17, 15) is 14.9 Å². The van der Waals surface area contributed by atoms with Gasteiger partial charge in [-0.3, -0.25) is 19.8 Å². The van der Waals surface area contributed by atoms with E-state index >= 15 is 0 Å². The molecule has 9 nitrogen and oxygen atoms in total. The van der Waals surface area contributed by atoms with Gasteiger partial charge in [-0.05, 0) is 23.3 Å².